The molecule has 150 valence electrons. The predicted octanol–water partition coefficient (Wildman–Crippen LogP) is 3.86. The number of nitrogens with one attached hydrogen (secondary N) is 1. The summed E-state index contributed by atoms with van der Waals surface area (Å²) >= 11 is 1.39. The molecule has 0 radical (unpaired) electrons. The minimum absolute atomic E-state index is 0.0860. The second-order valence-corrected chi connectivity index (χ2v) is 7.68. The average Bonchev–Trinajstić information content (AvgIpc) is 3.16. The number of fused-ring (bicyclic) bond motifs is 1. The van der Waals surface area contributed by atoms with Crippen LogP contribution >= 0.6 is 11.3 Å². The van der Waals surface area contributed by atoms with Crippen molar-refractivity contribution in [3.05, 3.63) is 57.6 Å². The molecule has 29 heavy (non-hydrogen) atoms. The number of benzene rings is 2. The van der Waals surface area contributed by atoms with Crippen LogP contribution in [0.1, 0.15) is 22.8 Å². The van der Waals surface area contributed by atoms with E-state index >= 15 is 0 Å². The summed E-state index contributed by atoms with van der Waals surface area (Å²) in [6, 6.07) is 10.5. The second-order valence-electron chi connectivity index (χ2n) is 6.65. The van der Waals surface area contributed by atoms with Crippen molar-refractivity contribution in [1.82, 2.24) is 4.98 Å². The lowest BCUT2D eigenvalue weighted by molar-refractivity contribution is -0.384. The third-order valence-electron chi connectivity index (χ3n) is 4.89. The lowest BCUT2D eigenvalue weighted by Gasteiger charge is -2.28. The highest BCUT2D eigenvalue weighted by atomic mass is 32.1. The summed E-state index contributed by atoms with van der Waals surface area (Å²) in [4.78, 5) is 30.3. The van der Waals surface area contributed by atoms with Gasteiger partial charge in [-0.25, -0.2) is 4.98 Å². The highest BCUT2D eigenvalue weighted by molar-refractivity contribution is 7.22. The van der Waals surface area contributed by atoms with Crippen LogP contribution in [0.5, 0.6) is 0 Å². The quantitative estimate of drug-likeness (QED) is 0.505. The Kier molecular flexibility index (Phi) is 5.41. The number of anilines is 2. The number of amides is 1. The van der Waals surface area contributed by atoms with Crippen LogP contribution in [0.15, 0.2) is 36.4 Å². The highest BCUT2D eigenvalue weighted by Gasteiger charge is 2.23. The van der Waals surface area contributed by atoms with Crippen molar-refractivity contribution < 1.29 is 14.5 Å². The first-order chi connectivity index (χ1) is 14.1. The van der Waals surface area contributed by atoms with E-state index in [0.717, 1.165) is 22.2 Å². The van der Waals surface area contributed by atoms with E-state index in [4.69, 9.17) is 4.74 Å². The molecular weight excluding hydrogens is 392 g/mol. The van der Waals surface area contributed by atoms with Crippen LogP contribution in [0.4, 0.5) is 16.5 Å². The number of nitro benzene ring substituents is 1. The molecule has 1 aromatic heterocycles. The third-order valence-corrected chi connectivity index (χ3v) is 5.83. The maximum atomic E-state index is 12.7. The molecular formula is C20H20N4O4S. The molecule has 1 amide bonds. The molecule has 4 rings (SSSR count). The summed E-state index contributed by atoms with van der Waals surface area (Å²) in [6.45, 7) is 4.27. The van der Waals surface area contributed by atoms with E-state index in [1.165, 1.54) is 17.4 Å². The van der Waals surface area contributed by atoms with Gasteiger partial charge in [-0.2, -0.15) is 0 Å². The van der Waals surface area contributed by atoms with Crippen LogP contribution in [-0.2, 0) is 11.2 Å². The SMILES string of the molecule is CCc1cccc2sc(NC(=O)c3ccc(N4CCOCC4)c([N+](=O)[O-])c3)nc12. The molecule has 8 nitrogen and oxygen atoms in total. The Balaban J connectivity index is 1.60. The lowest BCUT2D eigenvalue weighted by Crippen LogP contribution is -2.36. The van der Waals surface area contributed by atoms with Gasteiger partial charge < -0.3 is 9.64 Å². The number of thiazole rings is 1. The van der Waals surface area contributed by atoms with Crippen LogP contribution in [0.2, 0.25) is 0 Å². The fourth-order valence-corrected chi connectivity index (χ4v) is 4.31. The minimum atomic E-state index is -0.452. The number of carbonyl (C=O) groups excluding carboxylic acids is 1. The van der Waals surface area contributed by atoms with E-state index < -0.39 is 10.8 Å². The van der Waals surface area contributed by atoms with E-state index in [2.05, 4.69) is 17.2 Å². The van der Waals surface area contributed by atoms with Gasteiger partial charge in [0, 0.05) is 24.7 Å². The van der Waals surface area contributed by atoms with Gasteiger partial charge >= 0.3 is 0 Å². The Morgan fingerprint density at radius 2 is 2.10 bits per heavy atom. The number of hydrogen-bond donors (Lipinski definition) is 1. The standard InChI is InChI=1S/C20H20N4O4S/c1-2-13-4-3-5-17-18(13)21-20(29-17)22-19(25)14-6-7-15(16(12-14)24(26)27)23-8-10-28-11-9-23/h3-7,12H,2,8-11H2,1H3,(H,21,22,25). The zero-order valence-electron chi connectivity index (χ0n) is 15.9. The van der Waals surface area contributed by atoms with Gasteiger partial charge in [-0.3, -0.25) is 20.2 Å². The minimum Gasteiger partial charge on any atom is -0.378 e. The number of para-hydroxylation sites is 1. The van der Waals surface area contributed by atoms with Gasteiger partial charge in [0.05, 0.1) is 28.4 Å². The normalized spacial score (nSPS) is 14.2. The topological polar surface area (TPSA) is 97.6 Å². The molecule has 1 saturated heterocycles. The molecule has 0 unspecified atom stereocenters. The Labute approximate surface area is 171 Å². The second kappa shape index (κ2) is 8.14. The summed E-state index contributed by atoms with van der Waals surface area (Å²) in [5, 5.41) is 14.8. The smallest absolute Gasteiger partial charge is 0.293 e. The largest absolute Gasteiger partial charge is 0.378 e. The fraction of sp³-hybridized carbons (Fsp3) is 0.300. The molecule has 0 aliphatic carbocycles. The Bertz CT molecular complexity index is 1080. The number of nitrogens with zero attached hydrogens (tertiary/aromatic N) is 3. The van der Waals surface area contributed by atoms with Crippen LogP contribution in [0, 0.1) is 10.1 Å². The van der Waals surface area contributed by atoms with E-state index in [9.17, 15) is 14.9 Å². The zero-order chi connectivity index (χ0) is 20.4. The highest BCUT2D eigenvalue weighted by Crippen LogP contribution is 2.31. The van der Waals surface area contributed by atoms with Crippen molar-refractivity contribution in [2.24, 2.45) is 0 Å². The molecule has 0 spiro atoms. The summed E-state index contributed by atoms with van der Waals surface area (Å²) in [5.74, 6) is -0.418. The summed E-state index contributed by atoms with van der Waals surface area (Å²) < 4.78 is 6.30. The van der Waals surface area contributed by atoms with Crippen molar-refractivity contribution in [2.75, 3.05) is 36.5 Å². The van der Waals surface area contributed by atoms with Crippen molar-refractivity contribution in [3.63, 3.8) is 0 Å². The lowest BCUT2D eigenvalue weighted by atomic mass is 10.1. The summed E-state index contributed by atoms with van der Waals surface area (Å²) in [5.41, 5.74) is 2.64. The first kappa shape index (κ1) is 19.3. The van der Waals surface area contributed by atoms with Gasteiger partial charge in [-0.1, -0.05) is 30.4 Å². The molecule has 2 heterocycles. The Morgan fingerprint density at radius 1 is 1.31 bits per heavy atom. The number of carbonyl (C=O) groups is 1. The van der Waals surface area contributed by atoms with Gasteiger partial charge in [0.1, 0.15) is 5.69 Å². The molecule has 1 aliphatic heterocycles. The fourth-order valence-electron chi connectivity index (χ4n) is 3.40. The van der Waals surface area contributed by atoms with E-state index in [-0.39, 0.29) is 11.3 Å². The van der Waals surface area contributed by atoms with Gasteiger partial charge in [0.2, 0.25) is 0 Å². The summed E-state index contributed by atoms with van der Waals surface area (Å²) in [6.07, 6.45) is 0.851. The number of ether oxygens (including phenoxy) is 1. The zero-order valence-corrected chi connectivity index (χ0v) is 16.7. The maximum Gasteiger partial charge on any atom is 0.293 e. The van der Waals surface area contributed by atoms with Crippen molar-refractivity contribution in [2.45, 2.75) is 13.3 Å². The molecule has 1 N–H and O–H groups in total. The predicted molar refractivity (Wildman–Crippen MR) is 113 cm³/mol. The van der Waals surface area contributed by atoms with Crippen molar-refractivity contribution >= 4 is 44.0 Å². The van der Waals surface area contributed by atoms with Crippen LogP contribution in [0.25, 0.3) is 10.2 Å². The average molecular weight is 412 g/mol. The number of aromatic nitrogens is 1. The Morgan fingerprint density at radius 3 is 2.83 bits per heavy atom. The first-order valence-electron chi connectivity index (χ1n) is 9.37. The first-order valence-corrected chi connectivity index (χ1v) is 10.2. The summed E-state index contributed by atoms with van der Waals surface area (Å²) in [7, 11) is 0. The molecule has 9 heteroatoms. The van der Waals surface area contributed by atoms with Gasteiger partial charge in [-0.15, -0.1) is 0 Å². The molecule has 1 aliphatic rings. The molecule has 1 fully saturated rings. The number of nitro groups is 1. The van der Waals surface area contributed by atoms with Gasteiger partial charge in [0.25, 0.3) is 11.6 Å². The van der Waals surface area contributed by atoms with Gasteiger partial charge in [-0.05, 0) is 30.2 Å². The van der Waals surface area contributed by atoms with Gasteiger partial charge in [0.15, 0.2) is 5.13 Å². The number of hydrogen-bond acceptors (Lipinski definition) is 7. The maximum absolute atomic E-state index is 12.7. The van der Waals surface area contributed by atoms with Crippen LogP contribution in [0.3, 0.4) is 0 Å². The molecule has 2 aromatic carbocycles. The number of aryl methyl sites for hydroxylation is 1. The van der Waals surface area contributed by atoms with Crippen LogP contribution < -0.4 is 10.2 Å². The van der Waals surface area contributed by atoms with Crippen molar-refractivity contribution in [1.29, 1.82) is 0 Å². The van der Waals surface area contributed by atoms with Crippen molar-refractivity contribution in [3.8, 4) is 0 Å². The van der Waals surface area contributed by atoms with E-state index in [1.54, 1.807) is 12.1 Å². The van der Waals surface area contributed by atoms with Crippen LogP contribution in [-0.4, -0.2) is 42.1 Å². The third kappa shape index (κ3) is 3.92. The van der Waals surface area contributed by atoms with E-state index in [0.29, 0.717) is 37.1 Å². The monoisotopic (exact) mass is 412 g/mol. The molecule has 3 aromatic rings. The number of rotatable bonds is 5. The molecule has 0 saturated carbocycles. The van der Waals surface area contributed by atoms with E-state index in [1.807, 2.05) is 23.1 Å². The number of morpholine rings is 1. The Hall–Kier alpha value is -3.04. The molecule has 0 atom stereocenters. The molecule has 0 bridgehead atoms.